The highest BCUT2D eigenvalue weighted by Crippen LogP contribution is 2.29. The van der Waals surface area contributed by atoms with Gasteiger partial charge >= 0.3 is 0 Å². The SMILES string of the molecule is CNS(=O)(=O)c1cc(NC(=O)C[C@H]2Oc3ccccc3NC2=O)ccc1C. The number of carbonyl (C=O) groups is 2. The summed E-state index contributed by atoms with van der Waals surface area (Å²) in [5.74, 6) is -0.384. The molecule has 0 bridgehead atoms. The third kappa shape index (κ3) is 4.09. The highest BCUT2D eigenvalue weighted by molar-refractivity contribution is 7.89. The lowest BCUT2D eigenvalue weighted by molar-refractivity contribution is -0.128. The molecule has 0 saturated carbocycles. The number of ether oxygens (including phenoxy) is 1. The molecule has 0 aliphatic carbocycles. The molecule has 2 amide bonds. The van der Waals surface area contributed by atoms with Gasteiger partial charge in [0.25, 0.3) is 5.91 Å². The second-order valence-electron chi connectivity index (χ2n) is 6.03. The highest BCUT2D eigenvalue weighted by Gasteiger charge is 2.29. The molecular formula is C18H19N3O5S. The Bertz CT molecular complexity index is 1000. The van der Waals surface area contributed by atoms with Crippen LogP contribution in [0.15, 0.2) is 47.4 Å². The first-order valence-electron chi connectivity index (χ1n) is 8.21. The van der Waals surface area contributed by atoms with Crippen molar-refractivity contribution in [2.45, 2.75) is 24.3 Å². The van der Waals surface area contributed by atoms with Gasteiger partial charge < -0.3 is 15.4 Å². The molecule has 2 aromatic rings. The number of amides is 2. The molecule has 1 aliphatic rings. The Morgan fingerprint density at radius 3 is 2.70 bits per heavy atom. The topological polar surface area (TPSA) is 114 Å². The number of carbonyl (C=O) groups excluding carboxylic acids is 2. The third-order valence-electron chi connectivity index (χ3n) is 4.11. The second kappa shape index (κ2) is 7.37. The highest BCUT2D eigenvalue weighted by atomic mass is 32.2. The summed E-state index contributed by atoms with van der Waals surface area (Å²) in [6.07, 6.45) is -1.17. The predicted octanol–water partition coefficient (Wildman–Crippen LogP) is 1.63. The number of aryl methyl sites for hydroxylation is 1. The van der Waals surface area contributed by atoms with Crippen LogP contribution in [0.5, 0.6) is 5.75 Å². The van der Waals surface area contributed by atoms with Crippen LogP contribution in [0.25, 0.3) is 0 Å². The zero-order chi connectivity index (χ0) is 19.6. The lowest BCUT2D eigenvalue weighted by Gasteiger charge is -2.25. The summed E-state index contributed by atoms with van der Waals surface area (Å²) < 4.78 is 31.9. The van der Waals surface area contributed by atoms with Crippen LogP contribution in [0.4, 0.5) is 11.4 Å². The normalized spacial score (nSPS) is 16.1. The quantitative estimate of drug-likeness (QED) is 0.719. The molecule has 3 N–H and O–H groups in total. The smallest absolute Gasteiger partial charge is 0.266 e. The minimum absolute atomic E-state index is 0.0726. The Morgan fingerprint density at radius 1 is 1.22 bits per heavy atom. The number of rotatable bonds is 5. The van der Waals surface area contributed by atoms with Crippen molar-refractivity contribution in [3.05, 3.63) is 48.0 Å². The van der Waals surface area contributed by atoms with Gasteiger partial charge in [0.1, 0.15) is 5.75 Å². The van der Waals surface area contributed by atoms with Crippen LogP contribution < -0.4 is 20.1 Å². The van der Waals surface area contributed by atoms with Gasteiger partial charge in [-0.15, -0.1) is 0 Å². The molecule has 9 heteroatoms. The van der Waals surface area contributed by atoms with Crippen molar-refractivity contribution in [1.29, 1.82) is 0 Å². The first-order chi connectivity index (χ1) is 12.8. The van der Waals surface area contributed by atoms with E-state index in [-0.39, 0.29) is 11.3 Å². The Kier molecular flexibility index (Phi) is 5.15. The van der Waals surface area contributed by atoms with E-state index >= 15 is 0 Å². The molecule has 2 aromatic carbocycles. The van der Waals surface area contributed by atoms with E-state index in [1.165, 1.54) is 13.1 Å². The van der Waals surface area contributed by atoms with Crippen molar-refractivity contribution in [3.8, 4) is 5.75 Å². The predicted molar refractivity (Wildman–Crippen MR) is 100 cm³/mol. The molecule has 1 atom stereocenters. The summed E-state index contributed by atoms with van der Waals surface area (Å²) >= 11 is 0. The lowest BCUT2D eigenvalue weighted by Crippen LogP contribution is -2.39. The van der Waals surface area contributed by atoms with Gasteiger partial charge in [-0.1, -0.05) is 18.2 Å². The van der Waals surface area contributed by atoms with Crippen LogP contribution in [-0.2, 0) is 19.6 Å². The molecule has 142 valence electrons. The molecule has 3 rings (SSSR count). The fourth-order valence-electron chi connectivity index (χ4n) is 2.68. The number of fused-ring (bicyclic) bond motifs is 1. The zero-order valence-electron chi connectivity index (χ0n) is 14.8. The van der Waals surface area contributed by atoms with E-state index < -0.39 is 27.9 Å². The zero-order valence-corrected chi connectivity index (χ0v) is 15.6. The number of hydrogen-bond donors (Lipinski definition) is 3. The largest absolute Gasteiger partial charge is 0.478 e. The molecule has 0 fully saturated rings. The maximum absolute atomic E-state index is 12.3. The average Bonchev–Trinajstić information content (AvgIpc) is 2.63. The maximum Gasteiger partial charge on any atom is 0.266 e. The van der Waals surface area contributed by atoms with Gasteiger partial charge in [0.2, 0.25) is 15.9 Å². The van der Waals surface area contributed by atoms with Crippen LogP contribution in [-0.4, -0.2) is 33.4 Å². The number of nitrogens with one attached hydrogen (secondary N) is 3. The van der Waals surface area contributed by atoms with E-state index in [2.05, 4.69) is 15.4 Å². The monoisotopic (exact) mass is 389 g/mol. The van der Waals surface area contributed by atoms with Crippen molar-refractivity contribution in [2.24, 2.45) is 0 Å². The molecule has 0 saturated heterocycles. The maximum atomic E-state index is 12.3. The Labute approximate surface area is 157 Å². The fourth-order valence-corrected chi connectivity index (χ4v) is 3.68. The third-order valence-corrected chi connectivity index (χ3v) is 5.66. The fraction of sp³-hybridized carbons (Fsp3) is 0.222. The van der Waals surface area contributed by atoms with Crippen molar-refractivity contribution in [2.75, 3.05) is 17.7 Å². The molecule has 0 radical (unpaired) electrons. The van der Waals surface area contributed by atoms with Crippen molar-refractivity contribution >= 4 is 33.2 Å². The van der Waals surface area contributed by atoms with Crippen molar-refractivity contribution < 1.29 is 22.7 Å². The number of benzene rings is 2. The molecule has 1 heterocycles. The molecule has 1 aliphatic heterocycles. The van der Waals surface area contributed by atoms with Crippen LogP contribution in [0.3, 0.4) is 0 Å². The Hall–Kier alpha value is -2.91. The van der Waals surface area contributed by atoms with E-state index in [0.29, 0.717) is 22.7 Å². The standard InChI is InChI=1S/C18H19N3O5S/c1-11-7-8-12(9-16(11)27(24,25)19-2)20-17(22)10-15-18(23)21-13-5-3-4-6-14(13)26-15/h3-9,15,19H,10H2,1-2H3,(H,20,22)(H,21,23)/t15-/m1/s1. The van der Waals surface area contributed by atoms with Crippen LogP contribution in [0.1, 0.15) is 12.0 Å². The number of para-hydroxylation sites is 2. The van der Waals surface area contributed by atoms with E-state index in [1.807, 2.05) is 0 Å². The molecule has 0 spiro atoms. The van der Waals surface area contributed by atoms with E-state index in [9.17, 15) is 18.0 Å². The summed E-state index contributed by atoms with van der Waals surface area (Å²) in [4.78, 5) is 24.5. The van der Waals surface area contributed by atoms with Crippen molar-refractivity contribution in [3.63, 3.8) is 0 Å². The van der Waals surface area contributed by atoms with Gasteiger partial charge in [-0.25, -0.2) is 13.1 Å². The number of anilines is 2. The average molecular weight is 389 g/mol. The molecule has 0 unspecified atom stereocenters. The molecule has 8 nitrogen and oxygen atoms in total. The summed E-state index contributed by atoms with van der Waals surface area (Å²) in [6.45, 7) is 1.66. The Balaban J connectivity index is 1.72. The summed E-state index contributed by atoms with van der Waals surface area (Å²) in [6, 6.07) is 11.5. The van der Waals surface area contributed by atoms with Crippen molar-refractivity contribution in [1.82, 2.24) is 4.72 Å². The van der Waals surface area contributed by atoms with Crippen LogP contribution in [0.2, 0.25) is 0 Å². The van der Waals surface area contributed by atoms with Crippen LogP contribution in [0, 0.1) is 6.92 Å². The summed E-state index contributed by atoms with van der Waals surface area (Å²) in [5.41, 5.74) is 1.42. The summed E-state index contributed by atoms with van der Waals surface area (Å²) in [5, 5.41) is 5.30. The molecule has 27 heavy (non-hydrogen) atoms. The molecule has 0 aromatic heterocycles. The van der Waals surface area contributed by atoms with Gasteiger partial charge in [-0.05, 0) is 43.8 Å². The summed E-state index contributed by atoms with van der Waals surface area (Å²) in [7, 11) is -2.33. The number of sulfonamides is 1. The minimum Gasteiger partial charge on any atom is -0.478 e. The number of hydrogen-bond acceptors (Lipinski definition) is 5. The second-order valence-corrected chi connectivity index (χ2v) is 7.89. The van der Waals surface area contributed by atoms with Gasteiger partial charge in [0, 0.05) is 5.69 Å². The minimum atomic E-state index is -3.65. The van der Waals surface area contributed by atoms with Gasteiger partial charge in [0.05, 0.1) is 17.0 Å². The Morgan fingerprint density at radius 2 is 1.96 bits per heavy atom. The van der Waals surface area contributed by atoms with E-state index in [4.69, 9.17) is 4.74 Å². The first-order valence-corrected chi connectivity index (χ1v) is 9.69. The first kappa shape index (κ1) is 18.9. The molecular weight excluding hydrogens is 370 g/mol. The van der Waals surface area contributed by atoms with E-state index in [1.54, 1.807) is 43.3 Å². The van der Waals surface area contributed by atoms with Gasteiger partial charge in [-0.2, -0.15) is 0 Å². The van der Waals surface area contributed by atoms with E-state index in [0.717, 1.165) is 0 Å². The van der Waals surface area contributed by atoms with Gasteiger partial charge in [-0.3, -0.25) is 9.59 Å². The lowest BCUT2D eigenvalue weighted by atomic mass is 10.1. The van der Waals surface area contributed by atoms with Gasteiger partial charge in [0.15, 0.2) is 6.10 Å². The van der Waals surface area contributed by atoms with Crippen LogP contribution >= 0.6 is 0 Å².